The maximum absolute atomic E-state index is 4.97. The van der Waals surface area contributed by atoms with Gasteiger partial charge in [0.15, 0.2) is 5.13 Å². The van der Waals surface area contributed by atoms with Gasteiger partial charge in [0, 0.05) is 30.6 Å². The van der Waals surface area contributed by atoms with Crippen LogP contribution in [0.1, 0.15) is 63.9 Å². The van der Waals surface area contributed by atoms with Crippen molar-refractivity contribution in [1.29, 1.82) is 0 Å². The Hall–Kier alpha value is -0.610. The molecule has 2 heterocycles. The van der Waals surface area contributed by atoms with Crippen molar-refractivity contribution in [3.05, 3.63) is 10.6 Å². The largest absolute Gasteiger partial charge is 0.348 e. The van der Waals surface area contributed by atoms with E-state index >= 15 is 0 Å². The fraction of sp³-hybridized carbons (Fsp3) is 0.824. The van der Waals surface area contributed by atoms with Crippen LogP contribution in [0.25, 0.3) is 0 Å². The van der Waals surface area contributed by atoms with Crippen molar-refractivity contribution in [1.82, 2.24) is 10.3 Å². The summed E-state index contributed by atoms with van der Waals surface area (Å²) < 4.78 is 0. The number of hydrogen-bond acceptors (Lipinski definition) is 4. The van der Waals surface area contributed by atoms with Crippen molar-refractivity contribution >= 4 is 16.5 Å². The van der Waals surface area contributed by atoms with Gasteiger partial charge in [-0.25, -0.2) is 4.98 Å². The van der Waals surface area contributed by atoms with Gasteiger partial charge in [0.25, 0.3) is 0 Å². The summed E-state index contributed by atoms with van der Waals surface area (Å²) in [6.07, 6.45) is 6.29. The SMILES string of the molecule is CCCc1nc(N2CCCC(CC)C2)sc1CNC(C)C. The van der Waals surface area contributed by atoms with E-state index in [1.807, 2.05) is 11.3 Å². The van der Waals surface area contributed by atoms with Crippen LogP contribution in [-0.4, -0.2) is 24.1 Å². The fourth-order valence-corrected chi connectivity index (χ4v) is 4.04. The number of hydrogen-bond donors (Lipinski definition) is 1. The molecular weight excluding hydrogens is 278 g/mol. The van der Waals surface area contributed by atoms with E-state index in [1.165, 1.54) is 54.5 Å². The second-order valence-corrected chi connectivity index (χ2v) is 7.58. The molecule has 1 aliphatic heterocycles. The van der Waals surface area contributed by atoms with Gasteiger partial charge in [-0.2, -0.15) is 0 Å². The Balaban J connectivity index is 2.10. The minimum absolute atomic E-state index is 0.532. The number of aromatic nitrogens is 1. The lowest BCUT2D eigenvalue weighted by Gasteiger charge is -2.32. The number of aryl methyl sites for hydroxylation is 1. The molecule has 0 saturated carbocycles. The van der Waals surface area contributed by atoms with Gasteiger partial charge in [-0.15, -0.1) is 11.3 Å². The standard InChI is InChI=1S/C17H31N3S/c1-5-8-15-16(11-18-13(3)4)21-17(19-15)20-10-7-9-14(6-2)12-20/h13-14,18H,5-12H2,1-4H3. The lowest BCUT2D eigenvalue weighted by molar-refractivity contribution is 0.404. The highest BCUT2D eigenvalue weighted by Gasteiger charge is 2.22. The molecule has 0 radical (unpaired) electrons. The normalized spacial score (nSPS) is 19.5. The van der Waals surface area contributed by atoms with Crippen molar-refractivity contribution < 1.29 is 0 Å². The number of anilines is 1. The van der Waals surface area contributed by atoms with Gasteiger partial charge in [-0.1, -0.05) is 40.5 Å². The Bertz CT molecular complexity index is 428. The third-order valence-corrected chi connectivity index (χ3v) is 5.45. The van der Waals surface area contributed by atoms with E-state index in [0.717, 1.165) is 18.9 Å². The van der Waals surface area contributed by atoms with E-state index in [0.29, 0.717) is 6.04 Å². The zero-order chi connectivity index (χ0) is 15.2. The van der Waals surface area contributed by atoms with E-state index < -0.39 is 0 Å². The minimum Gasteiger partial charge on any atom is -0.348 e. The Morgan fingerprint density at radius 3 is 2.86 bits per heavy atom. The number of nitrogens with one attached hydrogen (secondary N) is 1. The first-order valence-corrected chi connectivity index (χ1v) is 9.42. The molecule has 0 spiro atoms. The Kier molecular flexibility index (Phi) is 6.49. The maximum atomic E-state index is 4.97. The molecule has 1 saturated heterocycles. The minimum atomic E-state index is 0.532. The zero-order valence-corrected chi connectivity index (χ0v) is 14.9. The van der Waals surface area contributed by atoms with Crippen LogP contribution in [0.15, 0.2) is 0 Å². The molecule has 0 aromatic carbocycles. The van der Waals surface area contributed by atoms with Gasteiger partial charge in [0.05, 0.1) is 5.69 Å². The number of rotatable bonds is 7. The van der Waals surface area contributed by atoms with Crippen LogP contribution in [0.4, 0.5) is 5.13 Å². The third kappa shape index (κ3) is 4.68. The number of nitrogens with zero attached hydrogens (tertiary/aromatic N) is 2. The van der Waals surface area contributed by atoms with E-state index in [2.05, 4.69) is 37.9 Å². The van der Waals surface area contributed by atoms with Crippen molar-refractivity contribution in [2.24, 2.45) is 5.92 Å². The lowest BCUT2D eigenvalue weighted by atomic mass is 9.96. The second kappa shape index (κ2) is 8.14. The molecule has 3 nitrogen and oxygen atoms in total. The third-order valence-electron chi connectivity index (χ3n) is 4.29. The molecule has 4 heteroatoms. The molecule has 0 aliphatic carbocycles. The predicted molar refractivity (Wildman–Crippen MR) is 93.3 cm³/mol. The van der Waals surface area contributed by atoms with Crippen molar-refractivity contribution in [3.8, 4) is 0 Å². The fourth-order valence-electron chi connectivity index (χ4n) is 2.94. The second-order valence-electron chi connectivity index (χ2n) is 6.51. The van der Waals surface area contributed by atoms with Crippen LogP contribution in [0.5, 0.6) is 0 Å². The summed E-state index contributed by atoms with van der Waals surface area (Å²) in [6.45, 7) is 12.3. The van der Waals surface area contributed by atoms with Crippen LogP contribution in [0, 0.1) is 5.92 Å². The molecule has 2 rings (SSSR count). The Labute approximate surface area is 134 Å². The van der Waals surface area contributed by atoms with Gasteiger partial charge >= 0.3 is 0 Å². The molecule has 0 amide bonds. The van der Waals surface area contributed by atoms with E-state index in [9.17, 15) is 0 Å². The van der Waals surface area contributed by atoms with Crippen LogP contribution in [-0.2, 0) is 13.0 Å². The Morgan fingerprint density at radius 1 is 1.38 bits per heavy atom. The highest BCUT2D eigenvalue weighted by atomic mass is 32.1. The molecular formula is C17H31N3S. The summed E-state index contributed by atoms with van der Waals surface area (Å²) in [5.41, 5.74) is 1.32. The van der Waals surface area contributed by atoms with Gasteiger partial charge in [-0.05, 0) is 25.2 Å². The highest BCUT2D eigenvalue weighted by Crippen LogP contribution is 2.31. The summed E-state index contributed by atoms with van der Waals surface area (Å²) in [4.78, 5) is 8.95. The molecule has 1 aromatic heterocycles. The quantitative estimate of drug-likeness (QED) is 0.817. The van der Waals surface area contributed by atoms with Crippen LogP contribution < -0.4 is 10.2 Å². The van der Waals surface area contributed by atoms with Crippen LogP contribution in [0.2, 0.25) is 0 Å². The molecule has 0 bridgehead atoms. The smallest absolute Gasteiger partial charge is 0.185 e. The summed E-state index contributed by atoms with van der Waals surface area (Å²) in [5, 5.41) is 4.81. The molecule has 1 atom stereocenters. The summed E-state index contributed by atoms with van der Waals surface area (Å²) in [6, 6.07) is 0.532. The summed E-state index contributed by atoms with van der Waals surface area (Å²) in [7, 11) is 0. The van der Waals surface area contributed by atoms with Crippen LogP contribution in [0.3, 0.4) is 0 Å². The number of piperidine rings is 1. The topological polar surface area (TPSA) is 28.2 Å². The van der Waals surface area contributed by atoms with E-state index in [4.69, 9.17) is 4.98 Å². The molecule has 1 aliphatic rings. The monoisotopic (exact) mass is 309 g/mol. The van der Waals surface area contributed by atoms with Crippen molar-refractivity contribution in [2.75, 3.05) is 18.0 Å². The van der Waals surface area contributed by atoms with Gasteiger partial charge in [0.1, 0.15) is 0 Å². The molecule has 1 unspecified atom stereocenters. The van der Waals surface area contributed by atoms with E-state index in [1.54, 1.807) is 0 Å². The summed E-state index contributed by atoms with van der Waals surface area (Å²) in [5.74, 6) is 0.856. The summed E-state index contributed by atoms with van der Waals surface area (Å²) >= 11 is 1.91. The van der Waals surface area contributed by atoms with Gasteiger partial charge in [-0.3, -0.25) is 0 Å². The van der Waals surface area contributed by atoms with E-state index in [-0.39, 0.29) is 0 Å². The first kappa shape index (κ1) is 16.8. The van der Waals surface area contributed by atoms with Gasteiger partial charge < -0.3 is 10.2 Å². The van der Waals surface area contributed by atoms with Gasteiger partial charge in [0.2, 0.25) is 0 Å². The lowest BCUT2D eigenvalue weighted by Crippen LogP contribution is -2.35. The number of thiazole rings is 1. The molecule has 120 valence electrons. The Morgan fingerprint density at radius 2 is 2.19 bits per heavy atom. The molecule has 1 N–H and O–H groups in total. The van der Waals surface area contributed by atoms with Crippen molar-refractivity contribution in [3.63, 3.8) is 0 Å². The predicted octanol–water partition coefficient (Wildman–Crippen LogP) is 4.22. The van der Waals surface area contributed by atoms with Crippen LogP contribution >= 0.6 is 11.3 Å². The molecule has 1 fully saturated rings. The highest BCUT2D eigenvalue weighted by molar-refractivity contribution is 7.15. The van der Waals surface area contributed by atoms with Crippen molar-refractivity contribution in [2.45, 2.75) is 72.4 Å². The average Bonchev–Trinajstić information content (AvgIpc) is 2.89. The average molecular weight is 310 g/mol. The molecule has 1 aromatic rings. The molecule has 21 heavy (non-hydrogen) atoms. The first-order chi connectivity index (χ1) is 10.1. The maximum Gasteiger partial charge on any atom is 0.185 e. The first-order valence-electron chi connectivity index (χ1n) is 8.60. The zero-order valence-electron chi connectivity index (χ0n) is 14.1.